The van der Waals surface area contributed by atoms with Crippen molar-refractivity contribution in [2.75, 3.05) is 18.8 Å². The standard InChI is InChI=1S/C24H23BrN4O/c25-18-7-3-5-16(11-18)15-30-23-9-2-1-8-19(23)22-12-20(17-6-4-10-28-14-17)21(13-26)24(27)29-22/h1-3,5,7-9,11-12,17,28H,4,6,10,14-15H2,(H2,27,29). The average Bonchev–Trinajstić information content (AvgIpc) is 2.78. The summed E-state index contributed by atoms with van der Waals surface area (Å²) >= 11 is 3.50. The maximum Gasteiger partial charge on any atom is 0.142 e. The van der Waals surface area contributed by atoms with Crippen LogP contribution in [0.5, 0.6) is 5.75 Å². The van der Waals surface area contributed by atoms with E-state index in [2.05, 4.69) is 32.3 Å². The second-order valence-corrected chi connectivity index (χ2v) is 8.34. The number of nitrogen functional groups attached to an aromatic ring is 1. The van der Waals surface area contributed by atoms with Crippen LogP contribution in [0.4, 0.5) is 5.82 Å². The van der Waals surface area contributed by atoms with Gasteiger partial charge in [0.15, 0.2) is 0 Å². The molecule has 2 aromatic carbocycles. The number of nitrogens with zero attached hydrogens (tertiary/aromatic N) is 2. The van der Waals surface area contributed by atoms with Crippen molar-refractivity contribution in [1.29, 1.82) is 5.26 Å². The number of hydrogen-bond acceptors (Lipinski definition) is 5. The predicted molar refractivity (Wildman–Crippen MR) is 122 cm³/mol. The molecule has 1 fully saturated rings. The monoisotopic (exact) mass is 462 g/mol. The van der Waals surface area contributed by atoms with Crippen LogP contribution in [0.3, 0.4) is 0 Å². The van der Waals surface area contributed by atoms with Crippen LogP contribution < -0.4 is 15.8 Å². The lowest BCUT2D eigenvalue weighted by molar-refractivity contribution is 0.307. The molecule has 3 aromatic rings. The number of piperidine rings is 1. The molecule has 5 nitrogen and oxygen atoms in total. The molecule has 1 aliphatic heterocycles. The molecule has 0 radical (unpaired) electrons. The van der Waals surface area contributed by atoms with Crippen molar-refractivity contribution in [1.82, 2.24) is 10.3 Å². The number of benzene rings is 2. The molecule has 4 rings (SSSR count). The number of para-hydroxylation sites is 1. The lowest BCUT2D eigenvalue weighted by atomic mass is 9.88. The zero-order chi connectivity index (χ0) is 20.9. The van der Waals surface area contributed by atoms with Crippen LogP contribution in [0.1, 0.15) is 35.4 Å². The second kappa shape index (κ2) is 9.29. The minimum absolute atomic E-state index is 0.257. The molecule has 1 aromatic heterocycles. The summed E-state index contributed by atoms with van der Waals surface area (Å²) in [7, 11) is 0. The molecular weight excluding hydrogens is 440 g/mol. The van der Waals surface area contributed by atoms with Gasteiger partial charge in [0.25, 0.3) is 0 Å². The zero-order valence-electron chi connectivity index (χ0n) is 16.6. The van der Waals surface area contributed by atoms with Crippen LogP contribution in [-0.2, 0) is 6.61 Å². The summed E-state index contributed by atoms with van der Waals surface area (Å²) < 4.78 is 7.15. The quantitative estimate of drug-likeness (QED) is 0.556. The van der Waals surface area contributed by atoms with Gasteiger partial charge in [0.1, 0.15) is 24.2 Å². The first kappa shape index (κ1) is 20.4. The van der Waals surface area contributed by atoms with E-state index in [-0.39, 0.29) is 11.7 Å². The van der Waals surface area contributed by atoms with Crippen molar-refractivity contribution in [2.24, 2.45) is 0 Å². The first-order valence-corrected chi connectivity index (χ1v) is 10.8. The Kier molecular flexibility index (Phi) is 6.32. The van der Waals surface area contributed by atoms with E-state index in [0.717, 1.165) is 58.5 Å². The summed E-state index contributed by atoms with van der Waals surface area (Å²) in [4.78, 5) is 4.55. The number of anilines is 1. The van der Waals surface area contributed by atoms with E-state index in [1.54, 1.807) is 0 Å². The Morgan fingerprint density at radius 3 is 2.83 bits per heavy atom. The third kappa shape index (κ3) is 4.48. The van der Waals surface area contributed by atoms with Crippen molar-refractivity contribution in [3.8, 4) is 23.1 Å². The van der Waals surface area contributed by atoms with Gasteiger partial charge in [-0.1, -0.05) is 40.2 Å². The second-order valence-electron chi connectivity index (χ2n) is 7.43. The highest BCUT2D eigenvalue weighted by atomic mass is 79.9. The van der Waals surface area contributed by atoms with Gasteiger partial charge in [0, 0.05) is 16.6 Å². The molecule has 0 spiro atoms. The molecule has 1 atom stereocenters. The SMILES string of the molecule is N#Cc1c(C2CCCNC2)cc(-c2ccccc2OCc2cccc(Br)c2)nc1N. The first-order valence-electron chi connectivity index (χ1n) is 10.0. The van der Waals surface area contributed by atoms with Crippen LogP contribution in [0.2, 0.25) is 0 Å². The van der Waals surface area contributed by atoms with E-state index in [0.29, 0.717) is 12.2 Å². The fourth-order valence-corrected chi connectivity index (χ4v) is 4.32. The number of nitrogens with one attached hydrogen (secondary N) is 1. The van der Waals surface area contributed by atoms with Gasteiger partial charge in [-0.05, 0) is 66.8 Å². The molecule has 1 aliphatic rings. The number of halogens is 1. The van der Waals surface area contributed by atoms with E-state index < -0.39 is 0 Å². The highest BCUT2D eigenvalue weighted by molar-refractivity contribution is 9.10. The zero-order valence-corrected chi connectivity index (χ0v) is 18.2. The Morgan fingerprint density at radius 2 is 2.07 bits per heavy atom. The van der Waals surface area contributed by atoms with E-state index in [1.165, 1.54) is 0 Å². The summed E-state index contributed by atoms with van der Waals surface area (Å²) in [6, 6.07) is 20.1. The summed E-state index contributed by atoms with van der Waals surface area (Å²) in [5.74, 6) is 1.27. The number of nitriles is 1. The lowest BCUT2D eigenvalue weighted by Gasteiger charge is -2.25. The molecule has 30 heavy (non-hydrogen) atoms. The van der Waals surface area contributed by atoms with Crippen LogP contribution in [-0.4, -0.2) is 18.1 Å². The number of pyridine rings is 1. The molecule has 0 saturated carbocycles. The molecule has 1 saturated heterocycles. The number of nitrogens with two attached hydrogens (primary N) is 1. The van der Waals surface area contributed by atoms with Crippen molar-refractivity contribution < 1.29 is 4.74 Å². The molecule has 3 N–H and O–H groups in total. The lowest BCUT2D eigenvalue weighted by Crippen LogP contribution is -2.29. The topological polar surface area (TPSA) is 84.0 Å². The first-order chi connectivity index (χ1) is 14.7. The van der Waals surface area contributed by atoms with E-state index >= 15 is 0 Å². The number of ether oxygens (including phenoxy) is 1. The molecule has 0 bridgehead atoms. The van der Waals surface area contributed by atoms with Gasteiger partial charge in [0.05, 0.1) is 11.3 Å². The van der Waals surface area contributed by atoms with Crippen LogP contribution in [0.25, 0.3) is 11.3 Å². The number of aromatic nitrogens is 1. The Hall–Kier alpha value is -2.88. The van der Waals surface area contributed by atoms with Gasteiger partial charge in [-0.25, -0.2) is 4.98 Å². The van der Waals surface area contributed by atoms with Gasteiger partial charge < -0.3 is 15.8 Å². The maximum atomic E-state index is 9.66. The molecule has 152 valence electrons. The molecule has 0 amide bonds. The van der Waals surface area contributed by atoms with Crippen molar-refractivity contribution >= 4 is 21.7 Å². The number of hydrogen-bond donors (Lipinski definition) is 2. The van der Waals surface area contributed by atoms with E-state index in [4.69, 9.17) is 10.5 Å². The molecule has 6 heteroatoms. The predicted octanol–water partition coefficient (Wildman–Crippen LogP) is 5.01. The van der Waals surface area contributed by atoms with E-state index in [1.807, 2.05) is 54.6 Å². The van der Waals surface area contributed by atoms with Gasteiger partial charge in [-0.3, -0.25) is 0 Å². The summed E-state index contributed by atoms with van der Waals surface area (Å²) in [5, 5.41) is 13.1. The Morgan fingerprint density at radius 1 is 1.20 bits per heavy atom. The Labute approximate surface area is 185 Å². The minimum atomic E-state index is 0.257. The third-order valence-electron chi connectivity index (χ3n) is 5.37. The molecule has 1 unspecified atom stereocenters. The average molecular weight is 463 g/mol. The molecule has 2 heterocycles. The summed E-state index contributed by atoms with van der Waals surface area (Å²) in [5.41, 5.74) is 10.3. The maximum absolute atomic E-state index is 9.66. The smallest absolute Gasteiger partial charge is 0.142 e. The minimum Gasteiger partial charge on any atom is -0.488 e. The van der Waals surface area contributed by atoms with Gasteiger partial charge in [-0.15, -0.1) is 0 Å². The number of rotatable bonds is 5. The summed E-state index contributed by atoms with van der Waals surface area (Å²) in [6.07, 6.45) is 2.12. The highest BCUT2D eigenvalue weighted by Gasteiger charge is 2.22. The van der Waals surface area contributed by atoms with Gasteiger partial charge >= 0.3 is 0 Å². The molecule has 0 aliphatic carbocycles. The normalized spacial score (nSPS) is 16.1. The van der Waals surface area contributed by atoms with Gasteiger partial charge in [-0.2, -0.15) is 5.26 Å². The van der Waals surface area contributed by atoms with Crippen LogP contribution in [0.15, 0.2) is 59.1 Å². The van der Waals surface area contributed by atoms with Crippen molar-refractivity contribution in [3.63, 3.8) is 0 Å². The largest absolute Gasteiger partial charge is 0.488 e. The Bertz CT molecular complexity index is 1090. The van der Waals surface area contributed by atoms with Crippen molar-refractivity contribution in [2.45, 2.75) is 25.4 Å². The molecular formula is C24H23BrN4O. The fourth-order valence-electron chi connectivity index (χ4n) is 3.88. The van der Waals surface area contributed by atoms with Gasteiger partial charge in [0.2, 0.25) is 0 Å². The Balaban J connectivity index is 1.68. The highest BCUT2D eigenvalue weighted by Crippen LogP contribution is 2.35. The van der Waals surface area contributed by atoms with Crippen molar-refractivity contribution in [3.05, 3.63) is 75.8 Å². The van der Waals surface area contributed by atoms with E-state index in [9.17, 15) is 5.26 Å². The summed E-state index contributed by atoms with van der Waals surface area (Å²) in [6.45, 7) is 2.30. The van der Waals surface area contributed by atoms with Crippen LogP contribution >= 0.6 is 15.9 Å². The van der Waals surface area contributed by atoms with Crippen LogP contribution in [0, 0.1) is 11.3 Å². The fraction of sp³-hybridized carbons (Fsp3) is 0.250. The third-order valence-corrected chi connectivity index (χ3v) is 5.87.